The molecule has 0 bridgehead atoms. The molecule has 8 heteroatoms. The first-order valence-corrected chi connectivity index (χ1v) is 14.6. The van der Waals surface area contributed by atoms with Crippen molar-refractivity contribution in [2.24, 2.45) is 0 Å². The van der Waals surface area contributed by atoms with Crippen LogP contribution >= 0.6 is 23.2 Å². The zero-order valence-electron chi connectivity index (χ0n) is 22.4. The predicted molar refractivity (Wildman–Crippen MR) is 155 cm³/mol. The van der Waals surface area contributed by atoms with E-state index in [0.29, 0.717) is 28.2 Å². The van der Waals surface area contributed by atoms with E-state index in [1.54, 1.807) is 13.3 Å². The quantitative estimate of drug-likeness (QED) is 0.282. The van der Waals surface area contributed by atoms with Crippen LogP contribution in [0.25, 0.3) is 11.1 Å². The molecule has 0 amide bonds. The first kappa shape index (κ1) is 28.4. The van der Waals surface area contributed by atoms with Crippen LogP contribution in [0.1, 0.15) is 64.4 Å². The third-order valence-corrected chi connectivity index (χ3v) is 8.17. The number of hydrogen-bond acceptors (Lipinski definition) is 6. The van der Waals surface area contributed by atoms with Crippen molar-refractivity contribution in [2.45, 2.75) is 89.4 Å². The Morgan fingerprint density at radius 3 is 2.57 bits per heavy atom. The van der Waals surface area contributed by atoms with Crippen LogP contribution in [0.15, 0.2) is 24.4 Å². The molecule has 1 aliphatic carbocycles. The van der Waals surface area contributed by atoms with Crippen LogP contribution in [-0.4, -0.2) is 56.1 Å². The SMILES string of the molecule is CCc1c(NCC2CCCCO2)ccc(Cl)c1-c1cc(NC2CCC(NC(C)COC)CC2)ncc1Cl. The second kappa shape index (κ2) is 14.0. The van der Waals surface area contributed by atoms with Gasteiger partial charge in [-0.25, -0.2) is 4.98 Å². The number of rotatable bonds is 11. The fourth-order valence-electron chi connectivity index (χ4n) is 5.66. The second-order valence-corrected chi connectivity index (χ2v) is 11.3. The highest BCUT2D eigenvalue weighted by Crippen LogP contribution is 2.40. The van der Waals surface area contributed by atoms with Gasteiger partial charge in [-0.05, 0) is 82.1 Å². The maximum absolute atomic E-state index is 6.79. The zero-order chi connectivity index (χ0) is 26.2. The summed E-state index contributed by atoms with van der Waals surface area (Å²) < 4.78 is 11.2. The van der Waals surface area contributed by atoms with Crippen LogP contribution in [0.3, 0.4) is 0 Å². The Bertz CT molecular complexity index is 1010. The van der Waals surface area contributed by atoms with E-state index in [9.17, 15) is 0 Å². The molecule has 6 nitrogen and oxygen atoms in total. The first-order chi connectivity index (χ1) is 18.0. The summed E-state index contributed by atoms with van der Waals surface area (Å²) in [6.45, 7) is 6.73. The Kier molecular flexibility index (Phi) is 10.8. The molecule has 1 aliphatic heterocycles. The third-order valence-electron chi connectivity index (χ3n) is 7.55. The summed E-state index contributed by atoms with van der Waals surface area (Å²) in [6, 6.07) is 7.39. The highest BCUT2D eigenvalue weighted by Gasteiger charge is 2.23. The summed E-state index contributed by atoms with van der Waals surface area (Å²) in [7, 11) is 1.75. The number of pyridine rings is 1. The lowest BCUT2D eigenvalue weighted by Crippen LogP contribution is -2.42. The Labute approximate surface area is 232 Å². The molecule has 3 N–H and O–H groups in total. The van der Waals surface area contributed by atoms with Gasteiger partial charge < -0.3 is 25.4 Å². The molecule has 1 saturated carbocycles. The van der Waals surface area contributed by atoms with Crippen LogP contribution in [-0.2, 0) is 15.9 Å². The number of halogens is 2. The monoisotopic (exact) mass is 548 g/mol. The van der Waals surface area contributed by atoms with Crippen molar-refractivity contribution in [1.82, 2.24) is 10.3 Å². The molecule has 1 aromatic carbocycles. The summed E-state index contributed by atoms with van der Waals surface area (Å²) in [5.74, 6) is 0.843. The molecule has 2 atom stereocenters. The number of ether oxygens (including phenoxy) is 2. The fraction of sp³-hybridized carbons (Fsp3) is 0.621. The number of anilines is 2. The number of aromatic nitrogens is 1. The van der Waals surface area contributed by atoms with Crippen LogP contribution in [0.2, 0.25) is 10.0 Å². The van der Waals surface area contributed by atoms with Gasteiger partial charge in [0.15, 0.2) is 0 Å². The van der Waals surface area contributed by atoms with Crippen LogP contribution in [0.4, 0.5) is 11.5 Å². The van der Waals surface area contributed by atoms with Crippen LogP contribution in [0, 0.1) is 0 Å². The lowest BCUT2D eigenvalue weighted by atomic mass is 9.90. The van der Waals surface area contributed by atoms with Gasteiger partial charge in [0.25, 0.3) is 0 Å². The minimum Gasteiger partial charge on any atom is -0.383 e. The number of benzene rings is 1. The predicted octanol–water partition coefficient (Wildman–Crippen LogP) is 6.95. The summed E-state index contributed by atoms with van der Waals surface area (Å²) in [4.78, 5) is 4.60. The molecule has 2 aliphatic rings. The maximum Gasteiger partial charge on any atom is 0.126 e. The molecule has 1 saturated heterocycles. The Morgan fingerprint density at radius 1 is 1.08 bits per heavy atom. The van der Waals surface area contributed by atoms with Gasteiger partial charge in [-0.1, -0.05) is 30.1 Å². The molecule has 2 fully saturated rings. The van der Waals surface area contributed by atoms with E-state index in [1.165, 1.54) is 12.0 Å². The summed E-state index contributed by atoms with van der Waals surface area (Å²) in [5, 5.41) is 12.3. The molecular weight excluding hydrogens is 507 g/mol. The molecule has 0 radical (unpaired) electrons. The molecule has 204 valence electrons. The van der Waals surface area contributed by atoms with E-state index in [4.69, 9.17) is 32.7 Å². The van der Waals surface area contributed by atoms with Crippen molar-refractivity contribution in [2.75, 3.05) is 37.5 Å². The lowest BCUT2D eigenvalue weighted by Gasteiger charge is -2.32. The molecule has 1 aromatic heterocycles. The third kappa shape index (κ3) is 7.73. The maximum atomic E-state index is 6.79. The van der Waals surface area contributed by atoms with E-state index in [2.05, 4.69) is 46.9 Å². The number of methoxy groups -OCH3 is 1. The topological polar surface area (TPSA) is 67.4 Å². The van der Waals surface area contributed by atoms with E-state index in [-0.39, 0.29) is 6.10 Å². The van der Waals surface area contributed by atoms with Gasteiger partial charge in [0, 0.05) is 66.4 Å². The summed E-state index contributed by atoms with van der Waals surface area (Å²) in [6.07, 6.45) is 10.8. The van der Waals surface area contributed by atoms with Crippen molar-refractivity contribution >= 4 is 34.7 Å². The van der Waals surface area contributed by atoms with Crippen molar-refractivity contribution in [3.05, 3.63) is 40.0 Å². The average molecular weight is 550 g/mol. The number of hydrogen-bond donors (Lipinski definition) is 3. The minimum absolute atomic E-state index is 0.256. The van der Waals surface area contributed by atoms with Gasteiger partial charge in [0.1, 0.15) is 5.82 Å². The standard InChI is InChI=1S/C29H42Cl2N4O2/c1-4-23-27(32-16-22-7-5-6-14-37-22)13-12-25(30)29(23)24-15-28(33-17-26(24)31)35-21-10-8-20(9-11-21)34-19(2)18-36-3/h12-13,15,17,19-22,32,34H,4-11,14,16,18H2,1-3H3,(H,33,35). The molecular formula is C29H42Cl2N4O2. The van der Waals surface area contributed by atoms with Gasteiger partial charge in [0.2, 0.25) is 0 Å². The zero-order valence-corrected chi connectivity index (χ0v) is 23.9. The molecule has 4 rings (SSSR count). The molecule has 37 heavy (non-hydrogen) atoms. The van der Waals surface area contributed by atoms with Crippen molar-refractivity contribution in [1.29, 1.82) is 0 Å². The lowest BCUT2D eigenvalue weighted by molar-refractivity contribution is 0.0247. The van der Waals surface area contributed by atoms with Gasteiger partial charge in [-0.3, -0.25) is 0 Å². The van der Waals surface area contributed by atoms with Crippen LogP contribution < -0.4 is 16.0 Å². The van der Waals surface area contributed by atoms with Crippen molar-refractivity contribution in [3.63, 3.8) is 0 Å². The van der Waals surface area contributed by atoms with Crippen molar-refractivity contribution < 1.29 is 9.47 Å². The highest BCUT2D eigenvalue weighted by atomic mass is 35.5. The number of nitrogens with zero attached hydrogens (tertiary/aromatic N) is 1. The van der Waals surface area contributed by atoms with E-state index >= 15 is 0 Å². The average Bonchev–Trinajstić information content (AvgIpc) is 2.91. The van der Waals surface area contributed by atoms with Crippen molar-refractivity contribution in [3.8, 4) is 11.1 Å². The summed E-state index contributed by atoms with van der Waals surface area (Å²) >= 11 is 13.5. The molecule has 2 aromatic rings. The Balaban J connectivity index is 1.46. The summed E-state index contributed by atoms with van der Waals surface area (Å²) in [5.41, 5.74) is 4.16. The second-order valence-electron chi connectivity index (χ2n) is 10.4. The van der Waals surface area contributed by atoms with Gasteiger partial charge in [0.05, 0.1) is 17.7 Å². The largest absolute Gasteiger partial charge is 0.383 e. The highest BCUT2D eigenvalue weighted by molar-refractivity contribution is 6.36. The molecule has 2 unspecified atom stereocenters. The number of nitrogens with one attached hydrogen (secondary N) is 3. The normalized spacial score (nSPS) is 23.0. The van der Waals surface area contributed by atoms with Crippen LogP contribution in [0.5, 0.6) is 0 Å². The Morgan fingerprint density at radius 2 is 1.86 bits per heavy atom. The Hall–Kier alpha value is -1.57. The van der Waals surface area contributed by atoms with E-state index in [0.717, 1.165) is 87.3 Å². The van der Waals surface area contributed by atoms with E-state index < -0.39 is 0 Å². The first-order valence-electron chi connectivity index (χ1n) is 13.8. The van der Waals surface area contributed by atoms with Gasteiger partial charge in [-0.15, -0.1) is 0 Å². The molecule has 2 heterocycles. The smallest absolute Gasteiger partial charge is 0.126 e. The van der Waals surface area contributed by atoms with Gasteiger partial charge >= 0.3 is 0 Å². The van der Waals surface area contributed by atoms with E-state index in [1.807, 2.05) is 6.07 Å². The minimum atomic E-state index is 0.256. The van der Waals surface area contributed by atoms with Gasteiger partial charge in [-0.2, -0.15) is 0 Å². The molecule has 0 spiro atoms. The fourth-order valence-corrected chi connectivity index (χ4v) is 6.14.